The van der Waals surface area contributed by atoms with Gasteiger partial charge in [-0.15, -0.1) is 0 Å². The van der Waals surface area contributed by atoms with Crippen LogP contribution in [0.5, 0.6) is 0 Å². The molecule has 0 heterocycles. The summed E-state index contributed by atoms with van der Waals surface area (Å²) in [6.07, 6.45) is 0. The van der Waals surface area contributed by atoms with Gasteiger partial charge in [0.2, 0.25) is 0 Å². The zero-order valence-corrected chi connectivity index (χ0v) is 2.38. The van der Waals surface area contributed by atoms with E-state index in [-0.39, 0.29) is 0 Å². The van der Waals surface area contributed by atoms with Crippen molar-refractivity contribution in [1.29, 1.82) is 0 Å². The summed E-state index contributed by atoms with van der Waals surface area (Å²) in [6.45, 7) is 0. The molecule has 0 aromatic rings. The van der Waals surface area contributed by atoms with Crippen LogP contribution >= 0.6 is 0 Å². The minimum absolute atomic E-state index is 3.81. The average molecular weight is 121 g/mol. The third-order valence-electron chi connectivity index (χ3n) is 0. The van der Waals surface area contributed by atoms with Crippen LogP contribution in [0.4, 0.5) is 10.7 Å². The number of halogens is 3. The maximum atomic E-state index is 9.69. The van der Waals surface area contributed by atoms with Crippen molar-refractivity contribution in [3.8, 4) is 0 Å². The number of hydrogen-bond donors (Lipinski definition) is 0. The van der Waals surface area contributed by atoms with Gasteiger partial charge in [0.15, 0.2) is 0 Å². The fourth-order valence-corrected chi connectivity index (χ4v) is 0. The van der Waals surface area contributed by atoms with E-state index in [0.29, 0.717) is 0 Å². The topological polar surface area (TPSA) is 0 Å². The molecule has 0 saturated carbocycles. The summed E-state index contributed by atoms with van der Waals surface area (Å²) in [5, 5.41) is 0. The molecule has 0 radical (unpaired) electrons. The first kappa shape index (κ1) is 4.31. The van der Waals surface area contributed by atoms with E-state index in [4.69, 9.17) is 0 Å². The molecule has 32 valence electrons. The quantitative estimate of drug-likeness (QED) is 0.422. The van der Waals surface area contributed by atoms with Gasteiger partial charge >= 0.3 is 25.9 Å². The standard InChI is InChI=1S/Cu.3FH/h;3*1H/q+3;;;/p-3. The normalized spacial score (nSPS) is 11.2. The van der Waals surface area contributed by atoms with Crippen molar-refractivity contribution in [2.45, 2.75) is 0 Å². The molecule has 0 fully saturated rings. The Labute approximate surface area is 26.9 Å². The van der Waals surface area contributed by atoms with Gasteiger partial charge in [-0.3, -0.25) is 0 Å². The summed E-state index contributed by atoms with van der Waals surface area (Å²) in [5.41, 5.74) is 0. The Hall–Kier alpha value is 0.309. The molecule has 0 aliphatic rings. The molecule has 4 heteroatoms. The van der Waals surface area contributed by atoms with Crippen LogP contribution in [0, 0.1) is 0 Å². The van der Waals surface area contributed by atoms with Crippen molar-refractivity contribution in [2.24, 2.45) is 0 Å². The summed E-state index contributed by atoms with van der Waals surface area (Å²) in [7, 11) is 0. The van der Waals surface area contributed by atoms with Gasteiger partial charge in [0.1, 0.15) is 0 Å². The van der Waals surface area contributed by atoms with Gasteiger partial charge in [0, 0.05) is 0 Å². The number of hydrogen-bond acceptors (Lipinski definition) is 0. The van der Waals surface area contributed by atoms with Crippen LogP contribution in [-0.4, -0.2) is 0 Å². The molecule has 0 aromatic heterocycles. The minimum atomic E-state index is -3.81. The van der Waals surface area contributed by atoms with Crippen molar-refractivity contribution in [2.75, 3.05) is 0 Å². The Kier molecular flexibility index (Phi) is 1.74. The van der Waals surface area contributed by atoms with E-state index in [2.05, 4.69) is 0 Å². The maximum absolute atomic E-state index is 9.69. The Morgan fingerprint density at radius 1 is 1.00 bits per heavy atom. The van der Waals surface area contributed by atoms with Gasteiger partial charge in [0.05, 0.1) is 0 Å². The molecule has 0 spiro atoms. The molecule has 0 amide bonds. The van der Waals surface area contributed by atoms with E-state index >= 15 is 0 Å². The summed E-state index contributed by atoms with van der Waals surface area (Å²) < 4.78 is 29.1. The molecule has 0 aliphatic heterocycles. The molecule has 4 heavy (non-hydrogen) atoms. The van der Waals surface area contributed by atoms with Crippen LogP contribution in [0.1, 0.15) is 0 Å². The molecule has 0 aromatic carbocycles. The van der Waals surface area contributed by atoms with Crippen molar-refractivity contribution in [3.63, 3.8) is 0 Å². The molecule has 0 nitrogen and oxygen atoms in total. The van der Waals surface area contributed by atoms with Crippen molar-refractivity contribution < 1.29 is 25.9 Å². The van der Waals surface area contributed by atoms with Gasteiger partial charge in [-0.25, -0.2) is 0 Å². The van der Waals surface area contributed by atoms with Crippen LogP contribution < -0.4 is 0 Å². The summed E-state index contributed by atoms with van der Waals surface area (Å²) in [6, 6.07) is 0. The van der Waals surface area contributed by atoms with Crippen LogP contribution in [0.3, 0.4) is 0 Å². The van der Waals surface area contributed by atoms with Gasteiger partial charge in [0.25, 0.3) is 0 Å². The molecule has 0 aliphatic carbocycles. The first-order chi connectivity index (χ1) is 1.73. The summed E-state index contributed by atoms with van der Waals surface area (Å²) in [4.78, 5) is 0. The van der Waals surface area contributed by atoms with Gasteiger partial charge < -0.3 is 0 Å². The van der Waals surface area contributed by atoms with Crippen LogP contribution in [0.2, 0.25) is 0 Å². The molecular formula is CuF3. The van der Waals surface area contributed by atoms with E-state index in [0.717, 1.165) is 0 Å². The first-order valence-corrected chi connectivity index (χ1v) is 1.41. The van der Waals surface area contributed by atoms with Crippen molar-refractivity contribution in [1.82, 2.24) is 0 Å². The molecule has 0 atom stereocenters. The fraction of sp³-hybridized carbons (Fsp3) is 0. The van der Waals surface area contributed by atoms with Crippen LogP contribution in [0.15, 0.2) is 0 Å². The predicted octanol–water partition coefficient (Wildman–Crippen LogP) is 1.26. The second-order valence-corrected chi connectivity index (χ2v) is 0.533. The van der Waals surface area contributed by atoms with Crippen LogP contribution in [0.25, 0.3) is 0 Å². The zero-order chi connectivity index (χ0) is 3.58. The first-order valence-electron chi connectivity index (χ1n) is 0.342. The molecule has 0 saturated heterocycles. The SMILES string of the molecule is [F][Cu]([F])[F]. The van der Waals surface area contributed by atoms with Gasteiger partial charge in [-0.05, 0) is 0 Å². The van der Waals surface area contributed by atoms with Crippen molar-refractivity contribution in [3.05, 3.63) is 0 Å². The second-order valence-electron chi connectivity index (χ2n) is 0.129. The van der Waals surface area contributed by atoms with E-state index in [1.54, 1.807) is 0 Å². The average Bonchev–Trinajstić information content (AvgIpc) is 0.811. The third kappa shape index (κ3) is 41.3. The van der Waals surface area contributed by atoms with Crippen molar-refractivity contribution >= 4 is 0 Å². The zero-order valence-electron chi connectivity index (χ0n) is 1.44. The van der Waals surface area contributed by atoms with E-state index in [1.165, 1.54) is 0 Å². The van der Waals surface area contributed by atoms with Crippen LogP contribution in [-0.2, 0) is 15.3 Å². The Balaban J connectivity index is 2.32. The number of rotatable bonds is 0. The van der Waals surface area contributed by atoms with E-state index < -0.39 is 15.3 Å². The molecule has 0 rings (SSSR count). The van der Waals surface area contributed by atoms with E-state index in [9.17, 15) is 10.7 Å². The predicted molar refractivity (Wildman–Crippen MR) is 3.32 cm³/mol. The Bertz CT molecular complexity index is 8.00. The molecule has 0 bridgehead atoms. The van der Waals surface area contributed by atoms with Gasteiger partial charge in [-0.2, -0.15) is 0 Å². The Morgan fingerprint density at radius 2 is 1.00 bits per heavy atom. The summed E-state index contributed by atoms with van der Waals surface area (Å²) >= 11 is -3.81. The van der Waals surface area contributed by atoms with E-state index in [1.807, 2.05) is 0 Å². The fourth-order valence-electron chi connectivity index (χ4n) is 0. The second kappa shape index (κ2) is 1.61. The molecule has 0 N–H and O–H groups in total. The summed E-state index contributed by atoms with van der Waals surface area (Å²) in [5.74, 6) is 0. The molecular weight excluding hydrogens is 121 g/mol. The van der Waals surface area contributed by atoms with Gasteiger partial charge in [-0.1, -0.05) is 0 Å². The third-order valence-corrected chi connectivity index (χ3v) is 0. The Morgan fingerprint density at radius 3 is 1.00 bits per heavy atom. The monoisotopic (exact) mass is 120 g/mol. The molecule has 0 unspecified atom stereocenters.